The monoisotopic (exact) mass is 405 g/mol. The summed E-state index contributed by atoms with van der Waals surface area (Å²) >= 11 is 6.48. The molecule has 2 aromatic rings. The van der Waals surface area contributed by atoms with Gasteiger partial charge in [0, 0.05) is 29.3 Å². The molecule has 7 heteroatoms. The predicted octanol–water partition coefficient (Wildman–Crippen LogP) is 4.52. The van der Waals surface area contributed by atoms with Crippen molar-refractivity contribution >= 4 is 11.6 Å². The molecule has 0 radical (unpaired) electrons. The number of hydrogen-bond acceptors (Lipinski definition) is 5. The van der Waals surface area contributed by atoms with Gasteiger partial charge in [-0.05, 0) is 63.1 Å². The number of rotatable bonds is 7. The molecule has 1 aliphatic heterocycles. The Labute approximate surface area is 169 Å². The van der Waals surface area contributed by atoms with Gasteiger partial charge >= 0.3 is 0 Å². The molecule has 2 atom stereocenters. The van der Waals surface area contributed by atoms with Crippen molar-refractivity contribution in [1.29, 1.82) is 0 Å². The Morgan fingerprint density at radius 3 is 2.82 bits per heavy atom. The van der Waals surface area contributed by atoms with Crippen LogP contribution >= 0.6 is 11.6 Å². The Morgan fingerprint density at radius 2 is 2.11 bits per heavy atom. The predicted molar refractivity (Wildman–Crippen MR) is 104 cm³/mol. The van der Waals surface area contributed by atoms with E-state index in [-0.39, 0.29) is 16.7 Å². The molecule has 2 heterocycles. The fraction of sp³-hybridized carbons (Fsp3) is 0.619. The summed E-state index contributed by atoms with van der Waals surface area (Å²) in [4.78, 5) is 0. The lowest BCUT2D eigenvalue weighted by Crippen LogP contribution is -2.39. The molecule has 2 saturated carbocycles. The second-order valence-corrected chi connectivity index (χ2v) is 9.18. The molecule has 3 aliphatic rings. The van der Waals surface area contributed by atoms with Gasteiger partial charge in [-0.15, -0.1) is 21.8 Å². The van der Waals surface area contributed by atoms with Gasteiger partial charge in [-0.2, -0.15) is 0 Å². The summed E-state index contributed by atoms with van der Waals surface area (Å²) in [6.45, 7) is 2.54. The third-order valence-electron chi connectivity index (χ3n) is 6.28. The Kier molecular flexibility index (Phi) is 4.79. The van der Waals surface area contributed by atoms with Crippen LogP contribution in [-0.2, 0) is 0 Å². The third-order valence-corrected chi connectivity index (χ3v) is 6.79. The lowest BCUT2D eigenvalue weighted by Gasteiger charge is -2.31. The van der Waals surface area contributed by atoms with Crippen molar-refractivity contribution in [2.75, 3.05) is 19.7 Å². The first-order valence-electron chi connectivity index (χ1n) is 10.2. The summed E-state index contributed by atoms with van der Waals surface area (Å²) < 4.78 is 26.2. The average Bonchev–Trinajstić information content (AvgIpc) is 3.62. The van der Waals surface area contributed by atoms with Crippen LogP contribution in [0.5, 0.6) is 5.75 Å². The number of ether oxygens (including phenoxy) is 1. The standard InChI is InChI=1S/C21H25ClFN3O2/c22-17-11-24-8-5-14(17)10-21(6-7-21)12-27-15-3-4-16(18(23)9-15)20-26-25-19(28-20)13-1-2-13/h3-4,9,13-14,17,24H,1-2,5-8,10-12H2. The number of nitrogens with zero attached hydrogens (tertiary/aromatic N) is 2. The van der Waals surface area contributed by atoms with Crippen LogP contribution in [0.1, 0.15) is 50.3 Å². The van der Waals surface area contributed by atoms with E-state index < -0.39 is 5.82 Å². The first kappa shape index (κ1) is 18.4. The van der Waals surface area contributed by atoms with Crippen LogP contribution in [0.4, 0.5) is 4.39 Å². The zero-order valence-electron chi connectivity index (χ0n) is 15.8. The van der Waals surface area contributed by atoms with Gasteiger partial charge in [0.1, 0.15) is 11.6 Å². The molecule has 5 nitrogen and oxygen atoms in total. The molecule has 3 fully saturated rings. The van der Waals surface area contributed by atoms with Crippen molar-refractivity contribution in [2.45, 2.75) is 49.8 Å². The van der Waals surface area contributed by atoms with Gasteiger partial charge in [-0.25, -0.2) is 4.39 Å². The number of piperidine rings is 1. The smallest absolute Gasteiger partial charge is 0.250 e. The fourth-order valence-corrected chi connectivity index (χ4v) is 4.40. The minimum absolute atomic E-state index is 0.192. The molecule has 5 rings (SSSR count). The minimum atomic E-state index is -0.396. The Hall–Kier alpha value is -1.66. The van der Waals surface area contributed by atoms with E-state index in [1.165, 1.54) is 6.07 Å². The number of nitrogens with one attached hydrogen (secondary N) is 1. The molecule has 1 N–H and O–H groups in total. The SMILES string of the molecule is Fc1cc(OCC2(CC3CCNCC3Cl)CC2)ccc1-c1nnc(C2CC2)o1. The summed E-state index contributed by atoms with van der Waals surface area (Å²) in [5.41, 5.74) is 0.531. The number of hydrogen-bond donors (Lipinski definition) is 1. The molecule has 2 unspecified atom stereocenters. The van der Waals surface area contributed by atoms with E-state index in [0.717, 1.165) is 51.6 Å². The molecule has 0 bridgehead atoms. The largest absolute Gasteiger partial charge is 0.493 e. The van der Waals surface area contributed by atoms with Crippen molar-refractivity contribution in [3.05, 3.63) is 29.9 Å². The lowest BCUT2D eigenvalue weighted by molar-refractivity contribution is 0.190. The van der Waals surface area contributed by atoms with Crippen molar-refractivity contribution < 1.29 is 13.5 Å². The molecule has 28 heavy (non-hydrogen) atoms. The second kappa shape index (κ2) is 7.30. The number of benzene rings is 1. The molecule has 1 saturated heterocycles. The fourth-order valence-electron chi connectivity index (χ4n) is 4.08. The van der Waals surface area contributed by atoms with E-state index in [0.29, 0.717) is 35.6 Å². The van der Waals surface area contributed by atoms with Gasteiger partial charge in [-0.1, -0.05) is 0 Å². The van der Waals surface area contributed by atoms with Crippen LogP contribution in [0.15, 0.2) is 22.6 Å². The third kappa shape index (κ3) is 3.90. The highest BCUT2D eigenvalue weighted by molar-refractivity contribution is 6.21. The van der Waals surface area contributed by atoms with Gasteiger partial charge in [0.25, 0.3) is 5.89 Å². The maximum atomic E-state index is 14.6. The molecule has 2 aliphatic carbocycles. The topological polar surface area (TPSA) is 60.2 Å². The first-order chi connectivity index (χ1) is 13.6. The molecule has 1 aromatic heterocycles. The van der Waals surface area contributed by atoms with Gasteiger partial charge in [0.2, 0.25) is 5.89 Å². The van der Waals surface area contributed by atoms with Crippen LogP contribution in [0.2, 0.25) is 0 Å². The van der Waals surface area contributed by atoms with Crippen LogP contribution in [0.3, 0.4) is 0 Å². The van der Waals surface area contributed by atoms with E-state index >= 15 is 0 Å². The van der Waals surface area contributed by atoms with E-state index in [4.69, 9.17) is 20.8 Å². The van der Waals surface area contributed by atoms with E-state index in [1.54, 1.807) is 12.1 Å². The number of alkyl halides is 1. The molecule has 0 amide bonds. The first-order valence-corrected chi connectivity index (χ1v) is 10.7. The lowest BCUT2D eigenvalue weighted by atomic mass is 9.86. The van der Waals surface area contributed by atoms with Crippen LogP contribution < -0.4 is 10.1 Å². The second-order valence-electron chi connectivity index (χ2n) is 8.62. The highest BCUT2D eigenvalue weighted by atomic mass is 35.5. The molecule has 1 aromatic carbocycles. The van der Waals surface area contributed by atoms with Crippen LogP contribution in [-0.4, -0.2) is 35.3 Å². The number of halogens is 2. The van der Waals surface area contributed by atoms with Crippen LogP contribution in [0, 0.1) is 17.2 Å². The van der Waals surface area contributed by atoms with Crippen molar-refractivity contribution in [1.82, 2.24) is 15.5 Å². The summed E-state index contributed by atoms with van der Waals surface area (Å²) in [6.07, 6.45) is 6.67. The Bertz CT molecular complexity index is 850. The van der Waals surface area contributed by atoms with Crippen molar-refractivity contribution in [2.24, 2.45) is 11.3 Å². The van der Waals surface area contributed by atoms with Gasteiger partial charge in [0.15, 0.2) is 0 Å². The van der Waals surface area contributed by atoms with E-state index in [2.05, 4.69) is 15.5 Å². The summed E-state index contributed by atoms with van der Waals surface area (Å²) in [6, 6.07) is 4.86. The maximum absolute atomic E-state index is 14.6. The number of aromatic nitrogens is 2. The normalized spacial score (nSPS) is 26.2. The zero-order valence-corrected chi connectivity index (χ0v) is 16.6. The summed E-state index contributed by atoms with van der Waals surface area (Å²) in [5.74, 6) is 1.89. The molecule has 150 valence electrons. The van der Waals surface area contributed by atoms with Gasteiger partial charge in [0.05, 0.1) is 12.2 Å². The van der Waals surface area contributed by atoms with Crippen molar-refractivity contribution in [3.63, 3.8) is 0 Å². The molecular weight excluding hydrogens is 381 g/mol. The minimum Gasteiger partial charge on any atom is -0.493 e. The van der Waals surface area contributed by atoms with Gasteiger partial charge < -0.3 is 14.5 Å². The average molecular weight is 406 g/mol. The summed E-state index contributed by atoms with van der Waals surface area (Å²) in [7, 11) is 0. The van der Waals surface area contributed by atoms with E-state index in [9.17, 15) is 4.39 Å². The quantitative estimate of drug-likeness (QED) is 0.686. The highest BCUT2D eigenvalue weighted by Crippen LogP contribution is 2.52. The van der Waals surface area contributed by atoms with Crippen molar-refractivity contribution in [3.8, 4) is 17.2 Å². The highest BCUT2D eigenvalue weighted by Gasteiger charge is 2.46. The molecule has 0 spiro atoms. The maximum Gasteiger partial charge on any atom is 0.250 e. The summed E-state index contributed by atoms with van der Waals surface area (Å²) in [5, 5.41) is 11.6. The molecular formula is C21H25ClFN3O2. The zero-order chi connectivity index (χ0) is 19.1. The van der Waals surface area contributed by atoms with Crippen LogP contribution in [0.25, 0.3) is 11.5 Å². The van der Waals surface area contributed by atoms with Gasteiger partial charge in [-0.3, -0.25) is 0 Å². The van der Waals surface area contributed by atoms with E-state index in [1.807, 2.05) is 0 Å². The Balaban J connectivity index is 1.21. The Morgan fingerprint density at radius 1 is 1.25 bits per heavy atom.